The number of benzene rings is 1. The lowest BCUT2D eigenvalue weighted by atomic mass is 10.1. The van der Waals surface area contributed by atoms with Gasteiger partial charge in [0.1, 0.15) is 10.6 Å². The molecule has 0 aliphatic rings. The number of methoxy groups -OCH3 is 1. The minimum atomic E-state index is -3.54. The summed E-state index contributed by atoms with van der Waals surface area (Å²) in [5, 5.41) is 0. The normalized spacial score (nSPS) is 11.9. The number of ether oxygens (including phenoxy) is 1. The SMILES string of the molecule is COc1c(C)cc(C)cc1S(=O)(=O)NCCCN(C)C. The van der Waals surface area contributed by atoms with Crippen molar-refractivity contribution in [2.24, 2.45) is 0 Å². The molecular weight excluding hydrogens is 276 g/mol. The monoisotopic (exact) mass is 300 g/mol. The molecule has 6 heteroatoms. The first-order chi connectivity index (χ1) is 9.27. The molecule has 0 atom stereocenters. The Kier molecular flexibility index (Phi) is 5.98. The Labute approximate surface area is 122 Å². The van der Waals surface area contributed by atoms with E-state index < -0.39 is 10.0 Å². The van der Waals surface area contributed by atoms with Gasteiger partial charge in [-0.25, -0.2) is 13.1 Å². The summed E-state index contributed by atoms with van der Waals surface area (Å²) in [6, 6.07) is 3.55. The van der Waals surface area contributed by atoms with E-state index in [0.717, 1.165) is 24.1 Å². The topological polar surface area (TPSA) is 58.6 Å². The number of nitrogens with one attached hydrogen (secondary N) is 1. The number of rotatable bonds is 7. The smallest absolute Gasteiger partial charge is 0.244 e. The number of aryl methyl sites for hydroxylation is 2. The van der Waals surface area contributed by atoms with Crippen molar-refractivity contribution in [1.29, 1.82) is 0 Å². The average Bonchev–Trinajstić information content (AvgIpc) is 2.33. The highest BCUT2D eigenvalue weighted by Crippen LogP contribution is 2.28. The molecule has 0 bridgehead atoms. The van der Waals surface area contributed by atoms with Crippen LogP contribution in [-0.4, -0.2) is 47.6 Å². The summed E-state index contributed by atoms with van der Waals surface area (Å²) in [5.74, 6) is 0.413. The fraction of sp³-hybridized carbons (Fsp3) is 0.571. The first-order valence-corrected chi connectivity index (χ1v) is 8.06. The molecule has 20 heavy (non-hydrogen) atoms. The van der Waals surface area contributed by atoms with Crippen molar-refractivity contribution in [3.05, 3.63) is 23.3 Å². The molecule has 0 saturated heterocycles. The van der Waals surface area contributed by atoms with Crippen molar-refractivity contribution in [1.82, 2.24) is 9.62 Å². The van der Waals surface area contributed by atoms with Gasteiger partial charge in [-0.3, -0.25) is 0 Å². The summed E-state index contributed by atoms with van der Waals surface area (Å²) in [6.07, 6.45) is 0.763. The highest BCUT2D eigenvalue weighted by molar-refractivity contribution is 7.89. The number of sulfonamides is 1. The van der Waals surface area contributed by atoms with Gasteiger partial charge in [0.2, 0.25) is 10.0 Å². The minimum Gasteiger partial charge on any atom is -0.495 e. The summed E-state index contributed by atoms with van der Waals surface area (Å²) in [5.41, 5.74) is 1.72. The van der Waals surface area contributed by atoms with Crippen LogP contribution in [0.5, 0.6) is 5.75 Å². The van der Waals surface area contributed by atoms with Crippen molar-refractivity contribution < 1.29 is 13.2 Å². The second-order valence-corrected chi connectivity index (χ2v) is 6.90. The number of nitrogens with zero attached hydrogens (tertiary/aromatic N) is 1. The van der Waals surface area contributed by atoms with Gasteiger partial charge in [-0.1, -0.05) is 6.07 Å². The Morgan fingerprint density at radius 1 is 1.25 bits per heavy atom. The zero-order valence-electron chi connectivity index (χ0n) is 12.9. The molecule has 1 N–H and O–H groups in total. The van der Waals surface area contributed by atoms with E-state index in [-0.39, 0.29) is 4.90 Å². The second-order valence-electron chi connectivity index (χ2n) is 5.17. The van der Waals surface area contributed by atoms with Crippen molar-refractivity contribution in [2.45, 2.75) is 25.2 Å². The van der Waals surface area contributed by atoms with Gasteiger partial charge in [0, 0.05) is 6.54 Å². The lowest BCUT2D eigenvalue weighted by Crippen LogP contribution is -2.27. The first kappa shape index (κ1) is 16.9. The number of hydrogen-bond acceptors (Lipinski definition) is 4. The quantitative estimate of drug-likeness (QED) is 0.776. The van der Waals surface area contributed by atoms with Gasteiger partial charge < -0.3 is 9.64 Å². The molecule has 5 nitrogen and oxygen atoms in total. The molecule has 0 aromatic heterocycles. The van der Waals surface area contributed by atoms with E-state index in [2.05, 4.69) is 4.72 Å². The Bertz CT molecular complexity index is 554. The Morgan fingerprint density at radius 3 is 2.45 bits per heavy atom. The zero-order valence-corrected chi connectivity index (χ0v) is 13.7. The van der Waals surface area contributed by atoms with Gasteiger partial charge in [-0.2, -0.15) is 0 Å². The standard InChI is InChI=1S/C14H24N2O3S/c1-11-9-12(2)14(19-5)13(10-11)20(17,18)15-7-6-8-16(3)4/h9-10,15H,6-8H2,1-5H3. The lowest BCUT2D eigenvalue weighted by molar-refractivity contribution is 0.396. The van der Waals surface area contributed by atoms with Gasteiger partial charge in [0.05, 0.1) is 7.11 Å². The maximum absolute atomic E-state index is 12.4. The van der Waals surface area contributed by atoms with Crippen molar-refractivity contribution in [3.63, 3.8) is 0 Å². The van der Waals surface area contributed by atoms with E-state index in [4.69, 9.17) is 4.74 Å². The van der Waals surface area contributed by atoms with Crippen LogP contribution in [0.15, 0.2) is 17.0 Å². The number of hydrogen-bond donors (Lipinski definition) is 1. The Balaban J connectivity index is 2.92. The molecule has 1 rings (SSSR count). The molecule has 0 aliphatic carbocycles. The van der Waals surface area contributed by atoms with Crippen LogP contribution in [0.4, 0.5) is 0 Å². The Morgan fingerprint density at radius 2 is 1.90 bits per heavy atom. The lowest BCUT2D eigenvalue weighted by Gasteiger charge is -2.14. The maximum Gasteiger partial charge on any atom is 0.244 e. The van der Waals surface area contributed by atoms with Crippen LogP contribution in [0.2, 0.25) is 0 Å². The summed E-state index contributed by atoms with van der Waals surface area (Å²) in [7, 11) is 1.87. The van der Waals surface area contributed by atoms with E-state index >= 15 is 0 Å². The zero-order chi connectivity index (χ0) is 15.3. The predicted molar refractivity (Wildman–Crippen MR) is 80.8 cm³/mol. The molecule has 0 heterocycles. The predicted octanol–water partition coefficient (Wildman–Crippen LogP) is 1.54. The van der Waals surface area contributed by atoms with Crippen molar-refractivity contribution in [2.75, 3.05) is 34.3 Å². The van der Waals surface area contributed by atoms with E-state index in [1.54, 1.807) is 6.07 Å². The fourth-order valence-corrected chi connectivity index (χ4v) is 3.45. The first-order valence-electron chi connectivity index (χ1n) is 6.57. The van der Waals surface area contributed by atoms with E-state index in [1.165, 1.54) is 7.11 Å². The molecule has 0 radical (unpaired) electrons. The molecule has 0 amide bonds. The van der Waals surface area contributed by atoms with Gasteiger partial charge in [-0.05, 0) is 58.1 Å². The molecule has 0 fully saturated rings. The fourth-order valence-electron chi connectivity index (χ4n) is 2.06. The second kappa shape index (κ2) is 7.06. The molecule has 0 unspecified atom stereocenters. The third-order valence-electron chi connectivity index (χ3n) is 2.95. The largest absolute Gasteiger partial charge is 0.495 e. The highest BCUT2D eigenvalue weighted by Gasteiger charge is 2.20. The third-order valence-corrected chi connectivity index (χ3v) is 4.42. The summed E-state index contributed by atoms with van der Waals surface area (Å²) in [6.45, 7) is 4.97. The maximum atomic E-state index is 12.4. The van der Waals surface area contributed by atoms with Crippen LogP contribution < -0.4 is 9.46 Å². The van der Waals surface area contributed by atoms with Crippen LogP contribution in [0, 0.1) is 13.8 Å². The van der Waals surface area contributed by atoms with Crippen molar-refractivity contribution >= 4 is 10.0 Å². The van der Waals surface area contributed by atoms with Crippen LogP contribution in [0.25, 0.3) is 0 Å². The molecule has 1 aromatic rings. The van der Waals surface area contributed by atoms with Gasteiger partial charge >= 0.3 is 0 Å². The van der Waals surface area contributed by atoms with Crippen LogP contribution in [0.3, 0.4) is 0 Å². The summed E-state index contributed by atoms with van der Waals surface area (Å²) < 4.78 is 32.6. The summed E-state index contributed by atoms with van der Waals surface area (Å²) in [4.78, 5) is 2.23. The molecule has 0 spiro atoms. The Hall–Kier alpha value is -1.11. The third kappa shape index (κ3) is 4.47. The molecule has 114 valence electrons. The molecular formula is C14H24N2O3S. The van der Waals surface area contributed by atoms with E-state index in [1.807, 2.05) is 38.9 Å². The molecule has 0 aliphatic heterocycles. The molecule has 0 saturated carbocycles. The van der Waals surface area contributed by atoms with Crippen LogP contribution in [0.1, 0.15) is 17.5 Å². The van der Waals surface area contributed by atoms with Gasteiger partial charge in [0.25, 0.3) is 0 Å². The van der Waals surface area contributed by atoms with Crippen molar-refractivity contribution in [3.8, 4) is 5.75 Å². The highest BCUT2D eigenvalue weighted by atomic mass is 32.2. The van der Waals surface area contributed by atoms with Crippen LogP contribution >= 0.6 is 0 Å². The van der Waals surface area contributed by atoms with Gasteiger partial charge in [-0.15, -0.1) is 0 Å². The van der Waals surface area contributed by atoms with Crippen LogP contribution in [-0.2, 0) is 10.0 Å². The van der Waals surface area contributed by atoms with E-state index in [9.17, 15) is 8.42 Å². The van der Waals surface area contributed by atoms with Gasteiger partial charge in [0.15, 0.2) is 0 Å². The molecule has 1 aromatic carbocycles. The summed E-state index contributed by atoms with van der Waals surface area (Å²) >= 11 is 0. The van der Waals surface area contributed by atoms with E-state index in [0.29, 0.717) is 12.3 Å². The minimum absolute atomic E-state index is 0.211. The average molecular weight is 300 g/mol.